The minimum absolute atomic E-state index is 0.0314. The summed E-state index contributed by atoms with van der Waals surface area (Å²) in [6.07, 6.45) is -0.115. The summed E-state index contributed by atoms with van der Waals surface area (Å²) in [4.78, 5) is 13.4. The standard InChI is InChI=1S/C11H11BrClNO4S/c1-18-9-4-2-3-8(12)11(9)14-6-7(5-10(14)15)19(13,16)17/h2-4,7H,5-6H2,1H3. The van der Waals surface area contributed by atoms with Crippen molar-refractivity contribution in [2.24, 2.45) is 0 Å². The molecule has 1 amide bonds. The Labute approximate surface area is 124 Å². The van der Waals surface area contributed by atoms with Gasteiger partial charge in [-0.1, -0.05) is 6.07 Å². The summed E-state index contributed by atoms with van der Waals surface area (Å²) in [6.45, 7) is 0.0314. The van der Waals surface area contributed by atoms with Crippen LogP contribution in [-0.4, -0.2) is 33.2 Å². The van der Waals surface area contributed by atoms with Crippen LogP contribution >= 0.6 is 26.6 Å². The van der Waals surface area contributed by atoms with Gasteiger partial charge in [0.2, 0.25) is 15.0 Å². The maximum absolute atomic E-state index is 12.0. The highest BCUT2D eigenvalue weighted by atomic mass is 79.9. The molecule has 1 heterocycles. The van der Waals surface area contributed by atoms with E-state index in [9.17, 15) is 13.2 Å². The third-order valence-corrected chi connectivity index (χ3v) is 5.44. The molecule has 19 heavy (non-hydrogen) atoms. The second-order valence-electron chi connectivity index (χ2n) is 4.10. The fourth-order valence-corrected chi connectivity index (χ4v) is 3.59. The minimum atomic E-state index is -3.76. The van der Waals surface area contributed by atoms with Crippen LogP contribution in [0, 0.1) is 0 Å². The van der Waals surface area contributed by atoms with Gasteiger partial charge in [0.15, 0.2) is 0 Å². The van der Waals surface area contributed by atoms with Crippen LogP contribution in [0.3, 0.4) is 0 Å². The highest BCUT2D eigenvalue weighted by Gasteiger charge is 2.39. The topological polar surface area (TPSA) is 63.7 Å². The molecule has 1 saturated heterocycles. The number of para-hydroxylation sites is 1. The molecule has 1 fully saturated rings. The van der Waals surface area contributed by atoms with Crippen LogP contribution in [0.5, 0.6) is 5.75 Å². The monoisotopic (exact) mass is 367 g/mol. The van der Waals surface area contributed by atoms with Gasteiger partial charge in [-0.15, -0.1) is 0 Å². The SMILES string of the molecule is COc1cccc(Br)c1N1CC(S(=O)(=O)Cl)CC1=O. The Kier molecular flexibility index (Phi) is 4.08. The molecule has 1 atom stereocenters. The van der Waals surface area contributed by atoms with Crippen molar-refractivity contribution >= 4 is 47.3 Å². The Balaban J connectivity index is 2.41. The van der Waals surface area contributed by atoms with Gasteiger partial charge in [0.1, 0.15) is 16.7 Å². The van der Waals surface area contributed by atoms with Gasteiger partial charge < -0.3 is 9.64 Å². The lowest BCUT2D eigenvalue weighted by Gasteiger charge is -2.20. The van der Waals surface area contributed by atoms with E-state index in [1.54, 1.807) is 18.2 Å². The van der Waals surface area contributed by atoms with Crippen LogP contribution in [0.2, 0.25) is 0 Å². The van der Waals surface area contributed by atoms with Gasteiger partial charge in [0, 0.05) is 28.1 Å². The number of nitrogens with zero attached hydrogens (tertiary/aromatic N) is 1. The first-order chi connectivity index (χ1) is 8.84. The molecule has 8 heteroatoms. The lowest BCUT2D eigenvalue weighted by molar-refractivity contribution is -0.117. The number of benzene rings is 1. The number of ether oxygens (including phenoxy) is 1. The summed E-state index contributed by atoms with van der Waals surface area (Å²) in [5.74, 6) is 0.203. The van der Waals surface area contributed by atoms with E-state index in [0.717, 1.165) is 0 Å². The van der Waals surface area contributed by atoms with Crippen LogP contribution in [0.4, 0.5) is 5.69 Å². The van der Waals surface area contributed by atoms with E-state index in [2.05, 4.69) is 15.9 Å². The maximum Gasteiger partial charge on any atom is 0.237 e. The average Bonchev–Trinajstić information content (AvgIpc) is 2.70. The number of carbonyl (C=O) groups excluding carboxylic acids is 1. The van der Waals surface area contributed by atoms with E-state index < -0.39 is 14.3 Å². The summed E-state index contributed by atoms with van der Waals surface area (Å²) in [6, 6.07) is 5.23. The summed E-state index contributed by atoms with van der Waals surface area (Å²) in [5.41, 5.74) is 0.526. The van der Waals surface area contributed by atoms with E-state index in [1.165, 1.54) is 12.0 Å². The highest BCUT2D eigenvalue weighted by Crippen LogP contribution is 2.39. The van der Waals surface area contributed by atoms with E-state index in [4.69, 9.17) is 15.4 Å². The van der Waals surface area contributed by atoms with Gasteiger partial charge >= 0.3 is 0 Å². The van der Waals surface area contributed by atoms with E-state index in [1.807, 2.05) is 0 Å². The van der Waals surface area contributed by atoms with Crippen molar-refractivity contribution in [3.8, 4) is 5.75 Å². The van der Waals surface area contributed by atoms with Crippen molar-refractivity contribution in [2.75, 3.05) is 18.6 Å². The van der Waals surface area contributed by atoms with E-state index in [0.29, 0.717) is 15.9 Å². The molecule has 0 spiro atoms. The number of carbonyl (C=O) groups is 1. The highest BCUT2D eigenvalue weighted by molar-refractivity contribution is 9.10. The third kappa shape index (κ3) is 2.88. The molecule has 2 rings (SSSR count). The van der Waals surface area contributed by atoms with Gasteiger partial charge in [-0.25, -0.2) is 8.42 Å². The second kappa shape index (κ2) is 5.30. The molecule has 0 bridgehead atoms. The van der Waals surface area contributed by atoms with Crippen LogP contribution in [-0.2, 0) is 13.8 Å². The van der Waals surface area contributed by atoms with Gasteiger partial charge in [-0.2, -0.15) is 0 Å². The molecule has 0 saturated carbocycles. The average molecular weight is 369 g/mol. The molecule has 5 nitrogen and oxygen atoms in total. The molecule has 1 aliphatic heterocycles. The molecule has 104 valence electrons. The van der Waals surface area contributed by atoms with E-state index in [-0.39, 0.29) is 18.9 Å². The second-order valence-corrected chi connectivity index (χ2v) is 7.86. The van der Waals surface area contributed by atoms with Crippen LogP contribution in [0.1, 0.15) is 6.42 Å². The van der Waals surface area contributed by atoms with Crippen molar-refractivity contribution in [2.45, 2.75) is 11.7 Å². The molecular formula is C11H11BrClNO4S. The number of hydrogen-bond acceptors (Lipinski definition) is 4. The minimum Gasteiger partial charge on any atom is -0.495 e. The Morgan fingerprint density at radius 3 is 2.68 bits per heavy atom. The largest absolute Gasteiger partial charge is 0.495 e. The molecule has 0 radical (unpaired) electrons. The van der Waals surface area contributed by atoms with Gasteiger partial charge in [-0.05, 0) is 28.1 Å². The predicted molar refractivity (Wildman–Crippen MR) is 76.2 cm³/mol. The van der Waals surface area contributed by atoms with Crippen molar-refractivity contribution in [1.82, 2.24) is 0 Å². The number of halogens is 2. The fraction of sp³-hybridized carbons (Fsp3) is 0.364. The molecule has 0 N–H and O–H groups in total. The van der Waals surface area contributed by atoms with Crippen molar-refractivity contribution < 1.29 is 17.9 Å². The third-order valence-electron chi connectivity index (χ3n) is 2.93. The molecule has 1 unspecified atom stereocenters. The lowest BCUT2D eigenvalue weighted by atomic mass is 10.2. The summed E-state index contributed by atoms with van der Waals surface area (Å²) >= 11 is 3.34. The fourth-order valence-electron chi connectivity index (χ4n) is 2.00. The molecular weight excluding hydrogens is 358 g/mol. The zero-order chi connectivity index (χ0) is 14.2. The molecule has 1 aromatic rings. The van der Waals surface area contributed by atoms with Gasteiger partial charge in [0.25, 0.3) is 0 Å². The smallest absolute Gasteiger partial charge is 0.237 e. The zero-order valence-electron chi connectivity index (χ0n) is 9.97. The number of methoxy groups -OCH3 is 1. The number of amides is 1. The van der Waals surface area contributed by atoms with Crippen LogP contribution in [0.15, 0.2) is 22.7 Å². The Morgan fingerprint density at radius 2 is 2.16 bits per heavy atom. The van der Waals surface area contributed by atoms with Crippen molar-refractivity contribution in [3.63, 3.8) is 0 Å². The normalized spacial score (nSPS) is 19.8. The summed E-state index contributed by atoms with van der Waals surface area (Å²) < 4.78 is 28.5. The Hall–Kier alpha value is -0.790. The quantitative estimate of drug-likeness (QED) is 0.767. The van der Waals surface area contributed by atoms with Crippen LogP contribution < -0.4 is 9.64 Å². The molecule has 0 aliphatic carbocycles. The zero-order valence-corrected chi connectivity index (χ0v) is 13.1. The molecule has 1 aromatic carbocycles. The first-order valence-electron chi connectivity index (χ1n) is 5.41. The molecule has 0 aromatic heterocycles. The van der Waals surface area contributed by atoms with Crippen molar-refractivity contribution in [1.29, 1.82) is 0 Å². The first kappa shape index (κ1) is 14.6. The predicted octanol–water partition coefficient (Wildman–Crippen LogP) is 2.13. The number of rotatable bonds is 3. The number of hydrogen-bond donors (Lipinski definition) is 0. The Bertz CT molecular complexity index is 619. The van der Waals surface area contributed by atoms with Crippen LogP contribution in [0.25, 0.3) is 0 Å². The lowest BCUT2D eigenvalue weighted by Crippen LogP contribution is -2.27. The Morgan fingerprint density at radius 1 is 1.47 bits per heavy atom. The van der Waals surface area contributed by atoms with Crippen molar-refractivity contribution in [3.05, 3.63) is 22.7 Å². The first-order valence-corrected chi connectivity index (χ1v) is 8.57. The van der Waals surface area contributed by atoms with E-state index >= 15 is 0 Å². The summed E-state index contributed by atoms with van der Waals surface area (Å²) in [7, 11) is 3.05. The van der Waals surface area contributed by atoms with Gasteiger partial charge in [-0.3, -0.25) is 4.79 Å². The number of anilines is 1. The summed E-state index contributed by atoms with van der Waals surface area (Å²) in [5, 5.41) is -0.890. The maximum atomic E-state index is 12.0. The van der Waals surface area contributed by atoms with Gasteiger partial charge in [0.05, 0.1) is 7.11 Å². The molecule has 1 aliphatic rings.